The summed E-state index contributed by atoms with van der Waals surface area (Å²) < 4.78 is 1.56. The van der Waals surface area contributed by atoms with E-state index in [-0.39, 0.29) is 18.4 Å². The fraction of sp³-hybridized carbons (Fsp3) is 0.269. The molecule has 2 aromatic heterocycles. The molecule has 2 heterocycles. The van der Waals surface area contributed by atoms with Gasteiger partial charge in [0, 0.05) is 24.6 Å². The number of carbonyl (C=O) groups is 2. The highest BCUT2D eigenvalue weighted by molar-refractivity contribution is 6.01. The van der Waals surface area contributed by atoms with Crippen LogP contribution in [-0.2, 0) is 16.1 Å². The predicted molar refractivity (Wildman–Crippen MR) is 131 cm³/mol. The fourth-order valence-corrected chi connectivity index (χ4v) is 3.81. The summed E-state index contributed by atoms with van der Waals surface area (Å²) in [6.45, 7) is 4.68. The molecule has 0 aliphatic carbocycles. The Bertz CT molecular complexity index is 1240. The molecule has 1 atom stereocenters. The smallest absolute Gasteiger partial charge is 0.249 e. The largest absolute Gasteiger partial charge is 0.354 e. The van der Waals surface area contributed by atoms with Crippen molar-refractivity contribution in [3.63, 3.8) is 0 Å². The number of carbonyl (C=O) groups excluding carboxylic acids is 2. The van der Waals surface area contributed by atoms with Crippen molar-refractivity contribution in [1.29, 1.82) is 0 Å². The number of aromatic nitrogens is 4. The lowest BCUT2D eigenvalue weighted by atomic mass is 10.0. The number of fused-ring (bicyclic) bond motifs is 1. The normalized spacial score (nSPS) is 12.0. The number of amides is 2. The Labute approximate surface area is 198 Å². The standard InChI is InChI=1S/C26H28N6O2/c1-19(2)12-17-28-26(34)25(20-13-15-27-16-14-20)32(21-8-4-3-5-9-21)24(33)18-31-23-11-7-6-10-22(23)29-30-31/h3-11,13-16,19,25H,12,17-18H2,1-2H3,(H,28,34). The van der Waals surface area contributed by atoms with Crippen molar-refractivity contribution in [2.45, 2.75) is 32.9 Å². The van der Waals surface area contributed by atoms with Crippen molar-refractivity contribution in [3.8, 4) is 0 Å². The monoisotopic (exact) mass is 456 g/mol. The Hall–Kier alpha value is -4.07. The second-order valence-corrected chi connectivity index (χ2v) is 8.49. The van der Waals surface area contributed by atoms with E-state index in [0.717, 1.165) is 11.9 Å². The van der Waals surface area contributed by atoms with Crippen molar-refractivity contribution < 1.29 is 9.59 Å². The molecule has 0 radical (unpaired) electrons. The van der Waals surface area contributed by atoms with Gasteiger partial charge in [-0.2, -0.15) is 0 Å². The van der Waals surface area contributed by atoms with E-state index in [2.05, 4.69) is 34.5 Å². The highest BCUT2D eigenvalue weighted by Crippen LogP contribution is 2.28. The molecular weight excluding hydrogens is 428 g/mol. The van der Waals surface area contributed by atoms with Gasteiger partial charge >= 0.3 is 0 Å². The quantitative estimate of drug-likeness (QED) is 0.414. The first-order chi connectivity index (χ1) is 16.5. The number of nitrogens with one attached hydrogen (secondary N) is 1. The van der Waals surface area contributed by atoms with Crippen molar-refractivity contribution in [3.05, 3.63) is 84.7 Å². The summed E-state index contributed by atoms with van der Waals surface area (Å²) in [6, 6.07) is 19.4. The summed E-state index contributed by atoms with van der Waals surface area (Å²) in [4.78, 5) is 32.9. The third kappa shape index (κ3) is 5.28. The molecule has 174 valence electrons. The van der Waals surface area contributed by atoms with Gasteiger partial charge in [0.2, 0.25) is 11.8 Å². The van der Waals surface area contributed by atoms with E-state index in [9.17, 15) is 9.59 Å². The molecule has 0 spiro atoms. The maximum Gasteiger partial charge on any atom is 0.249 e. The number of para-hydroxylation sites is 2. The van der Waals surface area contributed by atoms with E-state index < -0.39 is 6.04 Å². The van der Waals surface area contributed by atoms with E-state index in [1.807, 2.05) is 54.6 Å². The molecule has 0 bridgehead atoms. The molecule has 2 aromatic carbocycles. The van der Waals surface area contributed by atoms with Crippen LogP contribution in [0.25, 0.3) is 11.0 Å². The zero-order chi connectivity index (χ0) is 23.9. The van der Waals surface area contributed by atoms with Crippen LogP contribution in [0.5, 0.6) is 0 Å². The van der Waals surface area contributed by atoms with Gasteiger partial charge in [-0.1, -0.05) is 49.4 Å². The van der Waals surface area contributed by atoms with Crippen molar-refractivity contribution >= 4 is 28.5 Å². The number of hydrogen-bond donors (Lipinski definition) is 1. The van der Waals surface area contributed by atoms with Crippen LogP contribution in [0.15, 0.2) is 79.1 Å². The van der Waals surface area contributed by atoms with Crippen molar-refractivity contribution in [2.75, 3.05) is 11.4 Å². The number of pyridine rings is 1. The zero-order valence-electron chi connectivity index (χ0n) is 19.3. The topological polar surface area (TPSA) is 93.0 Å². The summed E-state index contributed by atoms with van der Waals surface area (Å²) in [5, 5.41) is 11.3. The average molecular weight is 457 g/mol. The first kappa shape index (κ1) is 23.1. The molecule has 1 unspecified atom stereocenters. The van der Waals surface area contributed by atoms with Gasteiger partial charge in [-0.25, -0.2) is 4.68 Å². The Morgan fingerprint density at radius 3 is 2.41 bits per heavy atom. The van der Waals surface area contributed by atoms with Gasteiger partial charge in [0.25, 0.3) is 0 Å². The van der Waals surface area contributed by atoms with Gasteiger partial charge in [-0.3, -0.25) is 19.5 Å². The van der Waals surface area contributed by atoms with Gasteiger partial charge in [0.15, 0.2) is 0 Å². The maximum atomic E-state index is 13.8. The van der Waals surface area contributed by atoms with E-state index in [0.29, 0.717) is 29.2 Å². The Morgan fingerprint density at radius 2 is 1.68 bits per heavy atom. The third-order valence-corrected chi connectivity index (χ3v) is 5.56. The number of nitrogens with zero attached hydrogens (tertiary/aromatic N) is 5. The Balaban J connectivity index is 1.72. The summed E-state index contributed by atoms with van der Waals surface area (Å²) in [5.41, 5.74) is 2.76. The van der Waals surface area contributed by atoms with E-state index in [1.54, 1.807) is 29.2 Å². The average Bonchev–Trinajstić information content (AvgIpc) is 3.26. The van der Waals surface area contributed by atoms with E-state index in [4.69, 9.17) is 0 Å². The Morgan fingerprint density at radius 1 is 0.971 bits per heavy atom. The minimum atomic E-state index is -0.861. The molecule has 2 amide bonds. The van der Waals surface area contributed by atoms with Crippen LogP contribution < -0.4 is 10.2 Å². The lowest BCUT2D eigenvalue weighted by molar-refractivity contribution is -0.127. The fourth-order valence-electron chi connectivity index (χ4n) is 3.81. The van der Waals surface area contributed by atoms with Crippen LogP contribution in [0.2, 0.25) is 0 Å². The third-order valence-electron chi connectivity index (χ3n) is 5.56. The minimum absolute atomic E-state index is 0.0593. The highest BCUT2D eigenvalue weighted by Gasteiger charge is 2.33. The molecule has 4 rings (SSSR count). The van der Waals surface area contributed by atoms with Gasteiger partial charge in [0.1, 0.15) is 18.1 Å². The number of anilines is 1. The van der Waals surface area contributed by atoms with Crippen LogP contribution in [0.3, 0.4) is 0 Å². The number of hydrogen-bond acceptors (Lipinski definition) is 5. The molecule has 0 fully saturated rings. The SMILES string of the molecule is CC(C)CCNC(=O)C(c1ccncc1)N(C(=O)Cn1nnc2ccccc21)c1ccccc1. The van der Waals surface area contributed by atoms with Gasteiger partial charge in [-0.05, 0) is 54.3 Å². The summed E-state index contributed by atoms with van der Waals surface area (Å²) >= 11 is 0. The van der Waals surface area contributed by atoms with Crippen LogP contribution >= 0.6 is 0 Å². The van der Waals surface area contributed by atoms with Crippen molar-refractivity contribution in [1.82, 2.24) is 25.3 Å². The zero-order valence-corrected chi connectivity index (χ0v) is 19.3. The minimum Gasteiger partial charge on any atom is -0.354 e. The molecule has 0 aliphatic rings. The summed E-state index contributed by atoms with van der Waals surface area (Å²) in [5.74, 6) is -0.0673. The van der Waals surface area contributed by atoms with Crippen molar-refractivity contribution in [2.24, 2.45) is 5.92 Å². The first-order valence-electron chi connectivity index (χ1n) is 11.4. The lowest BCUT2D eigenvalue weighted by Gasteiger charge is -2.31. The molecule has 8 heteroatoms. The second kappa shape index (κ2) is 10.7. The molecule has 0 saturated heterocycles. The van der Waals surface area contributed by atoms with Gasteiger partial charge in [0.05, 0.1) is 5.52 Å². The number of rotatable bonds is 9. The maximum absolute atomic E-state index is 13.8. The molecule has 8 nitrogen and oxygen atoms in total. The van der Waals surface area contributed by atoms with Gasteiger partial charge < -0.3 is 5.32 Å². The van der Waals surface area contributed by atoms with E-state index >= 15 is 0 Å². The lowest BCUT2D eigenvalue weighted by Crippen LogP contribution is -2.45. The molecule has 0 aliphatic heterocycles. The highest BCUT2D eigenvalue weighted by atomic mass is 16.2. The first-order valence-corrected chi connectivity index (χ1v) is 11.4. The molecular formula is C26H28N6O2. The molecule has 1 N–H and O–H groups in total. The molecule has 34 heavy (non-hydrogen) atoms. The summed E-state index contributed by atoms with van der Waals surface area (Å²) in [7, 11) is 0. The van der Waals surface area contributed by atoms with Crippen LogP contribution in [0.4, 0.5) is 5.69 Å². The van der Waals surface area contributed by atoms with Gasteiger partial charge in [-0.15, -0.1) is 5.10 Å². The summed E-state index contributed by atoms with van der Waals surface area (Å²) in [6.07, 6.45) is 4.10. The second-order valence-electron chi connectivity index (χ2n) is 8.49. The molecule has 0 saturated carbocycles. The van der Waals surface area contributed by atoms with Crippen LogP contribution in [-0.4, -0.2) is 38.3 Å². The predicted octanol–water partition coefficient (Wildman–Crippen LogP) is 3.76. The van der Waals surface area contributed by atoms with Crippen LogP contribution in [0, 0.1) is 5.92 Å². The Kier molecular flexibility index (Phi) is 7.27. The number of benzene rings is 2. The van der Waals surface area contributed by atoms with E-state index in [1.165, 1.54) is 4.90 Å². The van der Waals surface area contributed by atoms with Crippen LogP contribution in [0.1, 0.15) is 31.9 Å². The molecule has 4 aromatic rings.